The molecule has 0 bridgehead atoms. The van der Waals surface area contributed by atoms with Crippen LogP contribution in [0.5, 0.6) is 5.75 Å². The summed E-state index contributed by atoms with van der Waals surface area (Å²) >= 11 is 2.00. The summed E-state index contributed by atoms with van der Waals surface area (Å²) in [5, 5.41) is 0. The highest BCUT2D eigenvalue weighted by Gasteiger charge is 2.39. The fourth-order valence-electron chi connectivity index (χ4n) is 2.70. The monoisotopic (exact) mass is 280 g/mol. The highest BCUT2D eigenvalue weighted by Crippen LogP contribution is 2.47. The van der Waals surface area contributed by atoms with Crippen molar-refractivity contribution in [3.8, 4) is 5.75 Å². The molecule has 0 amide bonds. The van der Waals surface area contributed by atoms with Crippen LogP contribution in [-0.2, 0) is 0 Å². The van der Waals surface area contributed by atoms with Crippen LogP contribution in [-0.4, -0.2) is 16.6 Å². The van der Waals surface area contributed by atoms with Crippen molar-refractivity contribution in [3.05, 3.63) is 29.8 Å². The summed E-state index contributed by atoms with van der Waals surface area (Å²) in [5.41, 5.74) is 4.18. The summed E-state index contributed by atoms with van der Waals surface area (Å²) in [6, 6.07) is 8.33. The van der Waals surface area contributed by atoms with Gasteiger partial charge in [-0.2, -0.15) is 11.8 Å². The van der Waals surface area contributed by atoms with E-state index in [4.69, 9.17) is 10.6 Å². The van der Waals surface area contributed by atoms with Crippen molar-refractivity contribution in [2.75, 3.05) is 5.75 Å². The van der Waals surface area contributed by atoms with Crippen LogP contribution in [0.4, 0.5) is 0 Å². The molecule has 0 radical (unpaired) electrons. The predicted molar refractivity (Wildman–Crippen MR) is 82.4 cm³/mol. The Bertz CT molecular complexity index is 416. The van der Waals surface area contributed by atoms with Crippen LogP contribution < -0.4 is 16.0 Å². The number of hydrazine groups is 1. The zero-order chi connectivity index (χ0) is 13.9. The average molecular weight is 280 g/mol. The second-order valence-corrected chi connectivity index (χ2v) is 7.20. The molecule has 4 heteroatoms. The molecular weight excluding hydrogens is 256 g/mol. The Labute approximate surface area is 120 Å². The zero-order valence-corrected chi connectivity index (χ0v) is 12.8. The molecule has 1 heterocycles. The summed E-state index contributed by atoms with van der Waals surface area (Å²) in [5.74, 6) is 8.00. The number of nitrogens with two attached hydrogens (primary N) is 1. The lowest BCUT2D eigenvalue weighted by Gasteiger charge is -2.34. The normalized spacial score (nSPS) is 24.7. The van der Waals surface area contributed by atoms with Gasteiger partial charge >= 0.3 is 0 Å². The lowest BCUT2D eigenvalue weighted by molar-refractivity contribution is 0.235. The number of thioether (sulfide) groups is 1. The van der Waals surface area contributed by atoms with Gasteiger partial charge in [0.25, 0.3) is 0 Å². The van der Waals surface area contributed by atoms with E-state index >= 15 is 0 Å². The first-order valence-electron chi connectivity index (χ1n) is 6.92. The summed E-state index contributed by atoms with van der Waals surface area (Å²) < 4.78 is 6.07. The molecule has 1 fully saturated rings. The molecule has 0 aromatic heterocycles. The van der Waals surface area contributed by atoms with Crippen molar-refractivity contribution in [2.24, 2.45) is 5.84 Å². The number of para-hydroxylation sites is 1. The molecule has 1 aromatic rings. The summed E-state index contributed by atoms with van der Waals surface area (Å²) in [6.45, 7) is 6.39. The third kappa shape index (κ3) is 3.25. The molecule has 0 saturated carbocycles. The maximum atomic E-state index is 5.93. The maximum Gasteiger partial charge on any atom is 0.124 e. The Kier molecular flexibility index (Phi) is 4.76. The van der Waals surface area contributed by atoms with E-state index in [0.29, 0.717) is 0 Å². The molecule has 1 saturated heterocycles. The van der Waals surface area contributed by atoms with E-state index in [1.807, 2.05) is 37.7 Å². The molecule has 2 rings (SSSR count). The number of hydrogen-bond acceptors (Lipinski definition) is 4. The second-order valence-electron chi connectivity index (χ2n) is 5.57. The molecule has 1 aliphatic heterocycles. The third-order valence-electron chi connectivity index (χ3n) is 3.62. The van der Waals surface area contributed by atoms with Crippen molar-refractivity contribution in [2.45, 2.75) is 50.5 Å². The van der Waals surface area contributed by atoms with Crippen LogP contribution in [0.1, 0.15) is 45.2 Å². The Morgan fingerprint density at radius 3 is 2.68 bits per heavy atom. The first kappa shape index (κ1) is 14.7. The van der Waals surface area contributed by atoms with E-state index in [2.05, 4.69) is 24.5 Å². The van der Waals surface area contributed by atoms with Crippen LogP contribution in [0.3, 0.4) is 0 Å². The minimum Gasteiger partial charge on any atom is -0.491 e. The van der Waals surface area contributed by atoms with Crippen LogP contribution in [0.15, 0.2) is 24.3 Å². The third-order valence-corrected chi connectivity index (χ3v) is 5.21. The van der Waals surface area contributed by atoms with E-state index in [1.165, 1.54) is 18.6 Å². The lowest BCUT2D eigenvalue weighted by atomic mass is 9.90. The first-order chi connectivity index (χ1) is 9.07. The Balaban J connectivity index is 2.32. The van der Waals surface area contributed by atoms with E-state index in [9.17, 15) is 0 Å². The zero-order valence-electron chi connectivity index (χ0n) is 12.0. The van der Waals surface area contributed by atoms with E-state index in [0.717, 1.165) is 11.3 Å². The average Bonchev–Trinajstić information content (AvgIpc) is 2.79. The van der Waals surface area contributed by atoms with Gasteiger partial charge in [-0.3, -0.25) is 11.3 Å². The van der Waals surface area contributed by atoms with Gasteiger partial charge in [-0.25, -0.2) is 0 Å². The maximum absolute atomic E-state index is 5.93. The molecule has 0 spiro atoms. The van der Waals surface area contributed by atoms with Crippen LogP contribution in [0.25, 0.3) is 0 Å². The van der Waals surface area contributed by atoms with E-state index in [1.54, 1.807) is 0 Å². The predicted octanol–water partition coefficient (Wildman–Crippen LogP) is 3.26. The Morgan fingerprint density at radius 2 is 2.11 bits per heavy atom. The Hall–Kier alpha value is -0.710. The van der Waals surface area contributed by atoms with Crippen molar-refractivity contribution >= 4 is 11.8 Å². The fourth-order valence-corrected chi connectivity index (χ4v) is 4.11. The van der Waals surface area contributed by atoms with Gasteiger partial charge in [-0.05, 0) is 45.4 Å². The Morgan fingerprint density at radius 1 is 1.37 bits per heavy atom. The van der Waals surface area contributed by atoms with Gasteiger partial charge < -0.3 is 4.74 Å². The van der Waals surface area contributed by atoms with Gasteiger partial charge in [0.15, 0.2) is 0 Å². The van der Waals surface area contributed by atoms with E-state index in [-0.39, 0.29) is 16.9 Å². The molecule has 19 heavy (non-hydrogen) atoms. The van der Waals surface area contributed by atoms with Gasteiger partial charge in [0.1, 0.15) is 5.75 Å². The topological polar surface area (TPSA) is 47.3 Å². The SMILES string of the molecule is CC(C)Oc1ccccc1C(NN)C1(C)CCCS1. The molecule has 106 valence electrons. The minimum absolute atomic E-state index is 0.120. The smallest absolute Gasteiger partial charge is 0.124 e. The van der Waals surface area contributed by atoms with Gasteiger partial charge in [0.2, 0.25) is 0 Å². The first-order valence-corrected chi connectivity index (χ1v) is 7.91. The number of hydrogen-bond donors (Lipinski definition) is 2. The van der Waals surface area contributed by atoms with Crippen molar-refractivity contribution in [1.29, 1.82) is 0 Å². The largest absolute Gasteiger partial charge is 0.491 e. The van der Waals surface area contributed by atoms with Crippen molar-refractivity contribution in [1.82, 2.24) is 5.43 Å². The summed E-state index contributed by atoms with van der Waals surface area (Å²) in [6.07, 6.45) is 2.61. The molecule has 1 aromatic carbocycles. The highest BCUT2D eigenvalue weighted by atomic mass is 32.2. The summed E-state index contributed by atoms with van der Waals surface area (Å²) in [7, 11) is 0. The molecule has 3 N–H and O–H groups in total. The number of rotatable bonds is 5. The molecular formula is C15H24N2OS. The fraction of sp³-hybridized carbons (Fsp3) is 0.600. The molecule has 0 aliphatic carbocycles. The standard InChI is InChI=1S/C15H24N2OS/c1-11(2)18-13-8-5-4-7-12(13)14(17-16)15(3)9-6-10-19-15/h4-5,7-8,11,14,17H,6,9-10,16H2,1-3H3. The number of nitrogens with one attached hydrogen (secondary N) is 1. The van der Waals surface area contributed by atoms with Crippen LogP contribution >= 0.6 is 11.8 Å². The van der Waals surface area contributed by atoms with Gasteiger partial charge in [-0.1, -0.05) is 18.2 Å². The minimum atomic E-state index is 0.120. The van der Waals surface area contributed by atoms with Gasteiger partial charge in [0.05, 0.1) is 12.1 Å². The highest BCUT2D eigenvalue weighted by molar-refractivity contribution is 8.00. The lowest BCUT2D eigenvalue weighted by Crippen LogP contribution is -2.41. The van der Waals surface area contributed by atoms with Crippen molar-refractivity contribution in [3.63, 3.8) is 0 Å². The van der Waals surface area contributed by atoms with E-state index < -0.39 is 0 Å². The number of benzene rings is 1. The molecule has 3 nitrogen and oxygen atoms in total. The van der Waals surface area contributed by atoms with Crippen molar-refractivity contribution < 1.29 is 4.74 Å². The van der Waals surface area contributed by atoms with Gasteiger partial charge in [0, 0.05) is 10.3 Å². The van der Waals surface area contributed by atoms with Gasteiger partial charge in [-0.15, -0.1) is 0 Å². The second kappa shape index (κ2) is 6.16. The number of ether oxygens (including phenoxy) is 1. The molecule has 2 unspecified atom stereocenters. The quantitative estimate of drug-likeness (QED) is 0.642. The van der Waals surface area contributed by atoms with Crippen LogP contribution in [0.2, 0.25) is 0 Å². The summed E-state index contributed by atoms with van der Waals surface area (Å²) in [4.78, 5) is 0. The molecule has 1 aliphatic rings. The van der Waals surface area contributed by atoms with Crippen LogP contribution in [0, 0.1) is 0 Å². The molecule has 2 atom stereocenters.